The second-order valence-electron chi connectivity index (χ2n) is 4.61. The number of hydrogen-bond acceptors (Lipinski definition) is 3. The Balaban J connectivity index is 3.07. The summed E-state index contributed by atoms with van der Waals surface area (Å²) >= 11 is 0. The van der Waals surface area contributed by atoms with Crippen molar-refractivity contribution in [2.75, 3.05) is 13.2 Å². The van der Waals surface area contributed by atoms with Crippen molar-refractivity contribution in [1.82, 2.24) is 15.1 Å². The molecule has 0 fully saturated rings. The van der Waals surface area contributed by atoms with Crippen molar-refractivity contribution < 1.29 is 4.74 Å². The molecule has 1 unspecified atom stereocenters. The van der Waals surface area contributed by atoms with E-state index < -0.39 is 0 Å². The minimum atomic E-state index is -0.168. The van der Waals surface area contributed by atoms with Crippen LogP contribution in [-0.2, 0) is 11.8 Å². The first-order valence-electron chi connectivity index (χ1n) is 7.00. The lowest BCUT2D eigenvalue weighted by molar-refractivity contribution is -0.0740. The van der Waals surface area contributed by atoms with E-state index in [1.165, 1.54) is 0 Å². The highest BCUT2D eigenvalue weighted by Crippen LogP contribution is 2.34. The molecule has 4 nitrogen and oxygen atoms in total. The van der Waals surface area contributed by atoms with Gasteiger partial charge in [-0.3, -0.25) is 4.68 Å². The lowest BCUT2D eigenvalue weighted by Gasteiger charge is -2.39. The summed E-state index contributed by atoms with van der Waals surface area (Å²) in [6.45, 7) is 10.2. The van der Waals surface area contributed by atoms with E-state index in [4.69, 9.17) is 4.74 Å². The normalized spacial score (nSPS) is 13.8. The third-order valence-corrected chi connectivity index (χ3v) is 3.59. The first-order chi connectivity index (χ1) is 8.63. The van der Waals surface area contributed by atoms with Gasteiger partial charge in [-0.25, -0.2) is 0 Å². The van der Waals surface area contributed by atoms with Gasteiger partial charge in [-0.15, -0.1) is 0 Å². The average molecular weight is 253 g/mol. The summed E-state index contributed by atoms with van der Waals surface area (Å²) < 4.78 is 7.94. The van der Waals surface area contributed by atoms with E-state index in [2.05, 4.69) is 44.2 Å². The number of aromatic nitrogens is 2. The molecule has 0 aliphatic heterocycles. The predicted octanol–water partition coefficient (Wildman–Crippen LogP) is 2.67. The lowest BCUT2D eigenvalue weighted by atomic mass is 9.86. The molecule has 0 aliphatic rings. The molecule has 0 bridgehead atoms. The van der Waals surface area contributed by atoms with Gasteiger partial charge in [0, 0.05) is 19.9 Å². The highest BCUT2D eigenvalue weighted by atomic mass is 16.5. The van der Waals surface area contributed by atoms with E-state index in [-0.39, 0.29) is 11.6 Å². The quantitative estimate of drug-likeness (QED) is 0.774. The Kier molecular flexibility index (Phi) is 5.82. The second-order valence-corrected chi connectivity index (χ2v) is 4.61. The first kappa shape index (κ1) is 15.2. The van der Waals surface area contributed by atoms with Crippen molar-refractivity contribution in [3.05, 3.63) is 18.0 Å². The summed E-state index contributed by atoms with van der Waals surface area (Å²) in [6, 6.07) is 2.23. The first-order valence-corrected chi connectivity index (χ1v) is 7.00. The summed E-state index contributed by atoms with van der Waals surface area (Å²) in [5.41, 5.74) is 0.899. The molecule has 1 N–H and O–H groups in total. The SMILES string of the molecule is CCNC(c1ccn(C)n1)C(CC)(CC)OCC. The average Bonchev–Trinajstić information content (AvgIpc) is 2.80. The molecular formula is C14H27N3O. The molecule has 1 atom stereocenters. The Bertz CT molecular complexity index is 345. The number of hydrogen-bond donors (Lipinski definition) is 1. The molecule has 0 saturated carbocycles. The molecule has 0 radical (unpaired) electrons. The number of rotatable bonds is 8. The summed E-state index contributed by atoms with van der Waals surface area (Å²) in [5, 5.41) is 8.09. The molecule has 4 heteroatoms. The summed E-state index contributed by atoms with van der Waals surface area (Å²) in [5.74, 6) is 0. The Morgan fingerprint density at radius 2 is 2.00 bits per heavy atom. The van der Waals surface area contributed by atoms with Crippen LogP contribution in [-0.4, -0.2) is 28.5 Å². The van der Waals surface area contributed by atoms with Gasteiger partial charge >= 0.3 is 0 Å². The number of aryl methyl sites for hydroxylation is 1. The largest absolute Gasteiger partial charge is 0.373 e. The van der Waals surface area contributed by atoms with Crippen LogP contribution in [0.3, 0.4) is 0 Å². The van der Waals surface area contributed by atoms with Gasteiger partial charge < -0.3 is 10.1 Å². The predicted molar refractivity (Wildman–Crippen MR) is 74.6 cm³/mol. The van der Waals surface area contributed by atoms with Gasteiger partial charge in [0.25, 0.3) is 0 Å². The van der Waals surface area contributed by atoms with Crippen LogP contribution in [0.2, 0.25) is 0 Å². The van der Waals surface area contributed by atoms with E-state index in [1.54, 1.807) is 0 Å². The van der Waals surface area contributed by atoms with E-state index in [0.717, 1.165) is 31.7 Å². The molecule has 1 aromatic heterocycles. The molecule has 0 aliphatic carbocycles. The van der Waals surface area contributed by atoms with Crippen LogP contribution in [0.5, 0.6) is 0 Å². The fourth-order valence-corrected chi connectivity index (χ4v) is 2.58. The number of nitrogens with zero attached hydrogens (tertiary/aromatic N) is 2. The molecular weight excluding hydrogens is 226 g/mol. The van der Waals surface area contributed by atoms with Crippen molar-refractivity contribution in [1.29, 1.82) is 0 Å². The molecule has 1 aromatic rings. The summed E-state index contributed by atoms with van der Waals surface area (Å²) in [6.07, 6.45) is 3.94. The Hall–Kier alpha value is -0.870. The zero-order valence-electron chi connectivity index (χ0n) is 12.4. The summed E-state index contributed by atoms with van der Waals surface area (Å²) in [7, 11) is 1.95. The second kappa shape index (κ2) is 6.90. The Labute approximate surface area is 111 Å². The van der Waals surface area contributed by atoms with E-state index in [1.807, 2.05) is 17.9 Å². The zero-order chi connectivity index (χ0) is 13.6. The maximum Gasteiger partial charge on any atom is 0.0887 e. The van der Waals surface area contributed by atoms with Crippen LogP contribution in [0.4, 0.5) is 0 Å². The molecule has 1 rings (SSSR count). The molecule has 0 amide bonds. The third-order valence-electron chi connectivity index (χ3n) is 3.59. The number of ether oxygens (including phenoxy) is 1. The minimum absolute atomic E-state index is 0.152. The smallest absolute Gasteiger partial charge is 0.0887 e. The van der Waals surface area contributed by atoms with Gasteiger partial charge in [0.1, 0.15) is 0 Å². The Morgan fingerprint density at radius 3 is 2.39 bits per heavy atom. The molecule has 1 heterocycles. The third kappa shape index (κ3) is 3.12. The highest BCUT2D eigenvalue weighted by Gasteiger charge is 2.38. The van der Waals surface area contributed by atoms with Crippen molar-refractivity contribution in [3.63, 3.8) is 0 Å². The van der Waals surface area contributed by atoms with Crippen LogP contribution in [0.15, 0.2) is 12.3 Å². The molecule has 104 valence electrons. The zero-order valence-corrected chi connectivity index (χ0v) is 12.4. The van der Waals surface area contributed by atoms with Crippen LogP contribution >= 0.6 is 0 Å². The van der Waals surface area contributed by atoms with Crippen LogP contribution < -0.4 is 5.32 Å². The van der Waals surface area contributed by atoms with Crippen molar-refractivity contribution >= 4 is 0 Å². The number of nitrogens with one attached hydrogen (secondary N) is 1. The van der Waals surface area contributed by atoms with Gasteiger partial charge in [-0.1, -0.05) is 20.8 Å². The van der Waals surface area contributed by atoms with Crippen molar-refractivity contribution in [2.45, 2.75) is 52.2 Å². The van der Waals surface area contributed by atoms with Gasteiger partial charge in [0.2, 0.25) is 0 Å². The molecule has 0 saturated heterocycles. The van der Waals surface area contributed by atoms with Crippen LogP contribution in [0.1, 0.15) is 52.3 Å². The minimum Gasteiger partial charge on any atom is -0.373 e. The highest BCUT2D eigenvalue weighted by molar-refractivity contribution is 5.12. The molecule has 0 aromatic carbocycles. The van der Waals surface area contributed by atoms with Gasteiger partial charge in [-0.2, -0.15) is 5.10 Å². The standard InChI is InChI=1S/C14H27N3O/c1-6-14(7-2,18-9-4)13(15-8-3)12-10-11-17(5)16-12/h10-11,13,15H,6-9H2,1-5H3. The fourth-order valence-electron chi connectivity index (χ4n) is 2.58. The van der Waals surface area contributed by atoms with Gasteiger partial charge in [-0.05, 0) is 32.4 Å². The van der Waals surface area contributed by atoms with E-state index >= 15 is 0 Å². The topological polar surface area (TPSA) is 39.1 Å². The van der Waals surface area contributed by atoms with Crippen LogP contribution in [0, 0.1) is 0 Å². The van der Waals surface area contributed by atoms with E-state index in [0.29, 0.717) is 0 Å². The van der Waals surface area contributed by atoms with E-state index in [9.17, 15) is 0 Å². The number of likely N-dealkylation sites (N-methyl/N-ethyl adjacent to an activating group) is 1. The van der Waals surface area contributed by atoms with Gasteiger partial charge in [0.05, 0.1) is 17.3 Å². The van der Waals surface area contributed by atoms with Crippen molar-refractivity contribution in [2.24, 2.45) is 7.05 Å². The maximum atomic E-state index is 6.09. The fraction of sp³-hybridized carbons (Fsp3) is 0.786. The molecule has 0 spiro atoms. The monoisotopic (exact) mass is 253 g/mol. The molecule has 18 heavy (non-hydrogen) atoms. The Morgan fingerprint density at radius 1 is 1.33 bits per heavy atom. The van der Waals surface area contributed by atoms with Gasteiger partial charge in [0.15, 0.2) is 0 Å². The lowest BCUT2D eigenvalue weighted by Crippen LogP contribution is -2.45. The van der Waals surface area contributed by atoms with Crippen molar-refractivity contribution in [3.8, 4) is 0 Å². The van der Waals surface area contributed by atoms with Crippen LogP contribution in [0.25, 0.3) is 0 Å². The maximum absolute atomic E-state index is 6.09. The summed E-state index contributed by atoms with van der Waals surface area (Å²) in [4.78, 5) is 0.